The molecule has 0 unspecified atom stereocenters. The van der Waals surface area contributed by atoms with Crippen molar-refractivity contribution in [2.75, 3.05) is 19.5 Å². The van der Waals surface area contributed by atoms with Crippen molar-refractivity contribution in [3.05, 3.63) is 69.6 Å². The third-order valence-corrected chi connectivity index (χ3v) is 6.74. The Hall–Kier alpha value is -3.13. The SMILES string of the molecule is COCc1cccc2nc(NC(=O)c3sc4c(C(C)=O)ccc(COC)c4c3C)ccc12. The second-order valence-corrected chi connectivity index (χ2v) is 8.61. The quantitative estimate of drug-likeness (QED) is 0.378. The molecule has 0 saturated carbocycles. The number of benzene rings is 2. The van der Waals surface area contributed by atoms with Crippen molar-refractivity contribution < 1.29 is 19.1 Å². The Balaban J connectivity index is 1.72. The number of carbonyl (C=O) groups excluding carboxylic acids is 2. The summed E-state index contributed by atoms with van der Waals surface area (Å²) in [6.45, 7) is 4.34. The van der Waals surface area contributed by atoms with Gasteiger partial charge in [-0.2, -0.15) is 0 Å². The minimum absolute atomic E-state index is 0.0322. The molecule has 0 spiro atoms. The third-order valence-electron chi connectivity index (χ3n) is 5.41. The molecule has 2 aromatic carbocycles. The minimum atomic E-state index is -0.249. The van der Waals surface area contributed by atoms with Gasteiger partial charge in [0.2, 0.25) is 0 Å². The van der Waals surface area contributed by atoms with E-state index in [1.165, 1.54) is 18.3 Å². The van der Waals surface area contributed by atoms with Crippen LogP contribution in [0.3, 0.4) is 0 Å². The largest absolute Gasteiger partial charge is 0.380 e. The van der Waals surface area contributed by atoms with E-state index in [-0.39, 0.29) is 11.7 Å². The number of aromatic nitrogens is 1. The van der Waals surface area contributed by atoms with E-state index < -0.39 is 0 Å². The van der Waals surface area contributed by atoms with E-state index in [4.69, 9.17) is 9.47 Å². The van der Waals surface area contributed by atoms with Gasteiger partial charge in [-0.1, -0.05) is 18.2 Å². The van der Waals surface area contributed by atoms with Gasteiger partial charge in [-0.3, -0.25) is 9.59 Å². The van der Waals surface area contributed by atoms with E-state index in [2.05, 4.69) is 10.3 Å². The Morgan fingerprint density at radius 3 is 2.47 bits per heavy atom. The summed E-state index contributed by atoms with van der Waals surface area (Å²) in [5.74, 6) is 0.189. The zero-order chi connectivity index (χ0) is 22.8. The number of amides is 1. The smallest absolute Gasteiger partial charge is 0.267 e. The van der Waals surface area contributed by atoms with Crippen LogP contribution in [0.15, 0.2) is 42.5 Å². The van der Waals surface area contributed by atoms with Crippen molar-refractivity contribution in [2.24, 2.45) is 0 Å². The van der Waals surface area contributed by atoms with E-state index in [1.54, 1.807) is 26.4 Å². The van der Waals surface area contributed by atoms with Gasteiger partial charge < -0.3 is 14.8 Å². The summed E-state index contributed by atoms with van der Waals surface area (Å²) in [6, 6.07) is 13.3. The van der Waals surface area contributed by atoms with Crippen LogP contribution in [0.25, 0.3) is 21.0 Å². The fourth-order valence-corrected chi connectivity index (χ4v) is 5.26. The monoisotopic (exact) mass is 448 g/mol. The predicted molar refractivity (Wildman–Crippen MR) is 128 cm³/mol. The first-order valence-electron chi connectivity index (χ1n) is 10.2. The molecule has 0 atom stereocenters. The molecule has 0 bridgehead atoms. The maximum absolute atomic E-state index is 13.2. The summed E-state index contributed by atoms with van der Waals surface area (Å²) < 4.78 is 11.4. The number of methoxy groups -OCH3 is 2. The molecule has 164 valence electrons. The van der Waals surface area contributed by atoms with Gasteiger partial charge in [0.05, 0.1) is 23.6 Å². The molecule has 4 rings (SSSR count). The lowest BCUT2D eigenvalue weighted by Gasteiger charge is -2.08. The highest BCUT2D eigenvalue weighted by atomic mass is 32.1. The molecule has 2 heterocycles. The first-order chi connectivity index (χ1) is 15.4. The van der Waals surface area contributed by atoms with Crippen LogP contribution < -0.4 is 5.32 Å². The maximum Gasteiger partial charge on any atom is 0.267 e. The molecule has 1 N–H and O–H groups in total. The van der Waals surface area contributed by atoms with Crippen molar-refractivity contribution in [3.63, 3.8) is 0 Å². The minimum Gasteiger partial charge on any atom is -0.380 e. The molecular weight excluding hydrogens is 424 g/mol. The zero-order valence-corrected chi connectivity index (χ0v) is 19.3. The first kappa shape index (κ1) is 22.1. The number of rotatable bonds is 7. The lowest BCUT2D eigenvalue weighted by Crippen LogP contribution is -2.12. The van der Waals surface area contributed by atoms with Crippen LogP contribution in [0.2, 0.25) is 0 Å². The van der Waals surface area contributed by atoms with E-state index >= 15 is 0 Å². The summed E-state index contributed by atoms with van der Waals surface area (Å²) in [4.78, 5) is 30.5. The van der Waals surface area contributed by atoms with Gasteiger partial charge in [-0.05, 0) is 54.8 Å². The number of nitrogens with one attached hydrogen (secondary N) is 1. The number of hydrogen-bond donors (Lipinski definition) is 1. The summed E-state index contributed by atoms with van der Waals surface area (Å²) >= 11 is 1.33. The lowest BCUT2D eigenvalue weighted by atomic mass is 10.0. The number of aryl methyl sites for hydroxylation is 1. The average molecular weight is 449 g/mol. The second-order valence-electron chi connectivity index (χ2n) is 7.59. The highest BCUT2D eigenvalue weighted by molar-refractivity contribution is 7.21. The van der Waals surface area contributed by atoms with Crippen molar-refractivity contribution >= 4 is 49.8 Å². The van der Waals surface area contributed by atoms with Crippen LogP contribution in [-0.2, 0) is 22.7 Å². The Morgan fingerprint density at radius 2 is 1.75 bits per heavy atom. The highest BCUT2D eigenvalue weighted by Crippen LogP contribution is 2.37. The molecule has 0 aliphatic rings. The maximum atomic E-state index is 13.2. The number of pyridine rings is 1. The Kier molecular flexibility index (Phi) is 6.32. The van der Waals surface area contributed by atoms with Gasteiger partial charge in [0.15, 0.2) is 5.78 Å². The van der Waals surface area contributed by atoms with Gasteiger partial charge in [-0.15, -0.1) is 11.3 Å². The predicted octanol–water partition coefficient (Wildman–Crippen LogP) is 5.51. The third kappa shape index (κ3) is 4.02. The molecule has 0 aliphatic heterocycles. The number of hydrogen-bond acceptors (Lipinski definition) is 6. The van der Waals surface area contributed by atoms with Crippen LogP contribution in [0.4, 0.5) is 5.82 Å². The van der Waals surface area contributed by atoms with E-state index in [0.29, 0.717) is 29.5 Å². The van der Waals surface area contributed by atoms with Crippen LogP contribution in [0.1, 0.15) is 43.6 Å². The molecule has 2 aromatic heterocycles. The number of fused-ring (bicyclic) bond motifs is 2. The molecule has 1 amide bonds. The lowest BCUT2D eigenvalue weighted by molar-refractivity contribution is 0.101. The Labute approximate surface area is 190 Å². The van der Waals surface area contributed by atoms with E-state index in [1.807, 2.05) is 37.3 Å². The van der Waals surface area contributed by atoms with Crippen molar-refractivity contribution in [3.8, 4) is 0 Å². The standard InChI is InChI=1S/C25H24N2O4S/c1-14-22-17(13-31-4)8-9-18(15(2)28)24(22)32-23(14)25(29)27-21-11-10-19-16(12-30-3)6-5-7-20(19)26-21/h5-11H,12-13H2,1-4H3,(H,26,27,29). The molecule has 6 nitrogen and oxygen atoms in total. The number of ketones is 1. The molecule has 7 heteroatoms. The summed E-state index contributed by atoms with van der Waals surface area (Å²) in [5.41, 5.74) is 4.22. The van der Waals surface area contributed by atoms with Gasteiger partial charge in [0.1, 0.15) is 5.82 Å². The average Bonchev–Trinajstić information content (AvgIpc) is 3.12. The van der Waals surface area contributed by atoms with Crippen LogP contribution in [0, 0.1) is 6.92 Å². The highest BCUT2D eigenvalue weighted by Gasteiger charge is 2.21. The van der Waals surface area contributed by atoms with Crippen LogP contribution in [-0.4, -0.2) is 30.9 Å². The van der Waals surface area contributed by atoms with Crippen LogP contribution in [0.5, 0.6) is 0 Å². The molecule has 4 aromatic rings. The fourth-order valence-electron chi connectivity index (χ4n) is 3.95. The van der Waals surface area contributed by atoms with E-state index in [0.717, 1.165) is 37.7 Å². The number of ether oxygens (including phenoxy) is 2. The topological polar surface area (TPSA) is 77.5 Å². The normalized spacial score (nSPS) is 11.2. The van der Waals surface area contributed by atoms with Crippen molar-refractivity contribution in [1.29, 1.82) is 0 Å². The second kappa shape index (κ2) is 9.16. The molecule has 0 fully saturated rings. The molecule has 0 aliphatic carbocycles. The molecular formula is C25H24N2O4S. The van der Waals surface area contributed by atoms with E-state index in [9.17, 15) is 9.59 Å². The fraction of sp³-hybridized carbons (Fsp3) is 0.240. The molecule has 0 radical (unpaired) electrons. The number of thiophene rings is 1. The Bertz CT molecular complexity index is 1340. The van der Waals surface area contributed by atoms with Crippen molar-refractivity contribution in [1.82, 2.24) is 4.98 Å². The number of carbonyl (C=O) groups is 2. The number of Topliss-reactive ketones (excluding diaryl/α,β-unsaturated/α-hetero) is 1. The summed E-state index contributed by atoms with van der Waals surface area (Å²) in [6.07, 6.45) is 0. The van der Waals surface area contributed by atoms with Crippen molar-refractivity contribution in [2.45, 2.75) is 27.1 Å². The van der Waals surface area contributed by atoms with Gasteiger partial charge >= 0.3 is 0 Å². The summed E-state index contributed by atoms with van der Waals surface area (Å²) in [5, 5.41) is 4.81. The van der Waals surface area contributed by atoms with Gasteiger partial charge in [0, 0.05) is 35.3 Å². The number of nitrogens with zero attached hydrogens (tertiary/aromatic N) is 1. The summed E-state index contributed by atoms with van der Waals surface area (Å²) in [7, 11) is 3.28. The van der Waals surface area contributed by atoms with Gasteiger partial charge in [0.25, 0.3) is 5.91 Å². The molecule has 32 heavy (non-hydrogen) atoms. The Morgan fingerprint density at radius 1 is 1.00 bits per heavy atom. The zero-order valence-electron chi connectivity index (χ0n) is 18.4. The molecule has 0 saturated heterocycles. The first-order valence-corrected chi connectivity index (χ1v) is 11.0. The van der Waals surface area contributed by atoms with Crippen LogP contribution >= 0.6 is 11.3 Å². The van der Waals surface area contributed by atoms with Gasteiger partial charge in [-0.25, -0.2) is 4.98 Å². The number of anilines is 1.